The lowest BCUT2D eigenvalue weighted by molar-refractivity contribution is 0.242. The fourth-order valence-corrected chi connectivity index (χ4v) is 2.26. The second-order valence-electron chi connectivity index (χ2n) is 5.97. The fraction of sp³-hybridized carbons (Fsp3) is 0.350. The highest BCUT2D eigenvalue weighted by Crippen LogP contribution is 2.27. The number of urea groups is 1. The lowest BCUT2D eigenvalue weighted by Crippen LogP contribution is -2.32. The number of nitrogens with one attached hydrogen (secondary N) is 2. The molecule has 7 nitrogen and oxygen atoms in total. The summed E-state index contributed by atoms with van der Waals surface area (Å²) in [6, 6.07) is 12.2. The van der Waals surface area contributed by atoms with Crippen molar-refractivity contribution in [2.45, 2.75) is 20.0 Å². The summed E-state index contributed by atoms with van der Waals surface area (Å²) in [5, 5.41) is 5.49. The summed E-state index contributed by atoms with van der Waals surface area (Å²) in [6.07, 6.45) is 0.108. The van der Waals surface area contributed by atoms with Crippen molar-refractivity contribution in [1.82, 2.24) is 5.32 Å². The van der Waals surface area contributed by atoms with Crippen molar-refractivity contribution in [2.75, 3.05) is 32.7 Å². The van der Waals surface area contributed by atoms with E-state index in [0.717, 1.165) is 5.75 Å². The van der Waals surface area contributed by atoms with Gasteiger partial charge in [-0.1, -0.05) is 0 Å². The van der Waals surface area contributed by atoms with E-state index in [1.807, 2.05) is 26.0 Å². The molecular weight excluding hydrogens is 348 g/mol. The SMILES string of the molecule is COc1cc(OC)cc(OCCNC(=O)Nc2ccc(OC(C)C)cc2)c1. The van der Waals surface area contributed by atoms with Gasteiger partial charge in [-0.25, -0.2) is 4.79 Å². The number of benzene rings is 2. The zero-order valence-corrected chi connectivity index (χ0v) is 16.1. The van der Waals surface area contributed by atoms with E-state index in [9.17, 15) is 4.79 Å². The predicted molar refractivity (Wildman–Crippen MR) is 104 cm³/mol. The molecule has 146 valence electrons. The highest BCUT2D eigenvalue weighted by molar-refractivity contribution is 5.89. The van der Waals surface area contributed by atoms with Gasteiger partial charge in [0, 0.05) is 23.9 Å². The minimum absolute atomic E-state index is 0.108. The Labute approximate surface area is 159 Å². The Morgan fingerprint density at radius 3 is 2.07 bits per heavy atom. The first-order valence-corrected chi connectivity index (χ1v) is 8.67. The van der Waals surface area contributed by atoms with Gasteiger partial charge in [0.2, 0.25) is 0 Å². The molecule has 0 atom stereocenters. The molecule has 0 radical (unpaired) electrons. The number of hydrogen-bond donors (Lipinski definition) is 2. The van der Waals surface area contributed by atoms with Crippen molar-refractivity contribution in [1.29, 1.82) is 0 Å². The molecular formula is C20H26N2O5. The minimum Gasteiger partial charge on any atom is -0.496 e. The number of amides is 2. The minimum atomic E-state index is -0.306. The lowest BCUT2D eigenvalue weighted by atomic mass is 10.3. The van der Waals surface area contributed by atoms with Crippen molar-refractivity contribution in [3.63, 3.8) is 0 Å². The Morgan fingerprint density at radius 2 is 1.52 bits per heavy atom. The maximum absolute atomic E-state index is 11.9. The molecule has 0 aliphatic heterocycles. The van der Waals surface area contributed by atoms with Crippen molar-refractivity contribution < 1.29 is 23.7 Å². The van der Waals surface area contributed by atoms with Crippen LogP contribution in [0.15, 0.2) is 42.5 Å². The van der Waals surface area contributed by atoms with Gasteiger partial charge >= 0.3 is 6.03 Å². The van der Waals surface area contributed by atoms with Crippen LogP contribution < -0.4 is 29.6 Å². The lowest BCUT2D eigenvalue weighted by Gasteiger charge is -2.12. The van der Waals surface area contributed by atoms with E-state index < -0.39 is 0 Å². The van der Waals surface area contributed by atoms with Crippen LogP contribution in [0.5, 0.6) is 23.0 Å². The molecule has 0 spiro atoms. The van der Waals surface area contributed by atoms with Gasteiger partial charge in [-0.05, 0) is 38.1 Å². The summed E-state index contributed by atoms with van der Waals surface area (Å²) in [4.78, 5) is 11.9. The molecule has 7 heteroatoms. The molecule has 2 aromatic rings. The van der Waals surface area contributed by atoms with E-state index in [-0.39, 0.29) is 12.1 Å². The molecule has 0 aliphatic carbocycles. The average molecular weight is 374 g/mol. The van der Waals surface area contributed by atoms with Gasteiger partial charge in [0.05, 0.1) is 26.9 Å². The van der Waals surface area contributed by atoms with Gasteiger partial charge in [0.15, 0.2) is 0 Å². The third kappa shape index (κ3) is 6.97. The highest BCUT2D eigenvalue weighted by Gasteiger charge is 2.05. The monoisotopic (exact) mass is 374 g/mol. The van der Waals surface area contributed by atoms with Crippen LogP contribution >= 0.6 is 0 Å². The van der Waals surface area contributed by atoms with E-state index in [4.69, 9.17) is 18.9 Å². The van der Waals surface area contributed by atoms with E-state index in [1.165, 1.54) is 0 Å². The van der Waals surface area contributed by atoms with Crippen LogP contribution in [0, 0.1) is 0 Å². The van der Waals surface area contributed by atoms with Crippen LogP contribution in [0.4, 0.5) is 10.5 Å². The van der Waals surface area contributed by atoms with Crippen molar-refractivity contribution in [2.24, 2.45) is 0 Å². The summed E-state index contributed by atoms with van der Waals surface area (Å²) in [7, 11) is 3.15. The average Bonchev–Trinajstić information content (AvgIpc) is 2.66. The molecule has 0 fully saturated rings. The van der Waals surface area contributed by atoms with Gasteiger partial charge in [0.25, 0.3) is 0 Å². The van der Waals surface area contributed by atoms with Crippen LogP contribution in [0.25, 0.3) is 0 Å². The number of carbonyl (C=O) groups excluding carboxylic acids is 1. The third-order valence-electron chi connectivity index (χ3n) is 3.47. The van der Waals surface area contributed by atoms with Crippen molar-refractivity contribution >= 4 is 11.7 Å². The molecule has 2 amide bonds. The zero-order valence-electron chi connectivity index (χ0n) is 16.1. The molecule has 0 bridgehead atoms. The van der Waals surface area contributed by atoms with Gasteiger partial charge < -0.3 is 29.6 Å². The molecule has 0 aliphatic rings. The van der Waals surface area contributed by atoms with Crippen LogP contribution in [0.1, 0.15) is 13.8 Å². The normalized spacial score (nSPS) is 10.3. The first kappa shape index (κ1) is 20.2. The Kier molecular flexibility index (Phi) is 7.61. The molecule has 0 aromatic heterocycles. The topological polar surface area (TPSA) is 78.0 Å². The maximum atomic E-state index is 11.9. The van der Waals surface area contributed by atoms with E-state index in [0.29, 0.717) is 36.1 Å². The second-order valence-corrected chi connectivity index (χ2v) is 5.97. The number of carbonyl (C=O) groups is 1. The highest BCUT2D eigenvalue weighted by atomic mass is 16.5. The standard InChI is InChI=1S/C20H26N2O5/c1-14(2)27-16-7-5-15(6-8-16)22-20(23)21-9-10-26-19-12-17(24-3)11-18(13-19)25-4/h5-8,11-14H,9-10H2,1-4H3,(H2,21,22,23). The van der Waals surface area contributed by atoms with Crippen molar-refractivity contribution in [3.8, 4) is 23.0 Å². The number of methoxy groups -OCH3 is 2. The number of hydrogen-bond acceptors (Lipinski definition) is 5. The number of rotatable bonds is 9. The third-order valence-corrected chi connectivity index (χ3v) is 3.47. The van der Waals surface area contributed by atoms with E-state index >= 15 is 0 Å². The summed E-state index contributed by atoms with van der Waals surface area (Å²) in [5.41, 5.74) is 0.682. The van der Waals surface area contributed by atoms with Gasteiger partial charge in [-0.2, -0.15) is 0 Å². The van der Waals surface area contributed by atoms with Crippen LogP contribution in [0.2, 0.25) is 0 Å². The molecule has 0 saturated heterocycles. The number of ether oxygens (including phenoxy) is 4. The van der Waals surface area contributed by atoms with Gasteiger partial charge in [-0.15, -0.1) is 0 Å². The first-order valence-electron chi connectivity index (χ1n) is 8.67. The first-order chi connectivity index (χ1) is 13.0. The fourth-order valence-electron chi connectivity index (χ4n) is 2.26. The number of anilines is 1. The molecule has 2 N–H and O–H groups in total. The Hall–Kier alpha value is -3.09. The predicted octanol–water partition coefficient (Wildman–Crippen LogP) is 3.69. The molecule has 0 saturated carbocycles. The van der Waals surface area contributed by atoms with Crippen molar-refractivity contribution in [3.05, 3.63) is 42.5 Å². The molecule has 2 aromatic carbocycles. The molecule has 0 heterocycles. The largest absolute Gasteiger partial charge is 0.496 e. The molecule has 2 rings (SSSR count). The zero-order chi connectivity index (χ0) is 19.6. The molecule has 0 unspecified atom stereocenters. The van der Waals surface area contributed by atoms with E-state index in [1.54, 1.807) is 44.6 Å². The Morgan fingerprint density at radius 1 is 0.926 bits per heavy atom. The van der Waals surface area contributed by atoms with Gasteiger partial charge in [0.1, 0.15) is 29.6 Å². The van der Waals surface area contributed by atoms with E-state index in [2.05, 4.69) is 10.6 Å². The maximum Gasteiger partial charge on any atom is 0.319 e. The Balaban J connectivity index is 1.74. The summed E-state index contributed by atoms with van der Waals surface area (Å²) >= 11 is 0. The summed E-state index contributed by atoms with van der Waals surface area (Å²) < 4.78 is 21.6. The second kappa shape index (κ2) is 10.2. The smallest absolute Gasteiger partial charge is 0.319 e. The van der Waals surface area contributed by atoms with Crippen LogP contribution in [0.3, 0.4) is 0 Å². The van der Waals surface area contributed by atoms with Crippen LogP contribution in [-0.2, 0) is 0 Å². The Bertz CT molecular complexity index is 709. The quantitative estimate of drug-likeness (QED) is 0.655. The van der Waals surface area contributed by atoms with Gasteiger partial charge in [-0.3, -0.25) is 0 Å². The summed E-state index contributed by atoms with van der Waals surface area (Å²) in [6.45, 7) is 4.58. The summed E-state index contributed by atoms with van der Waals surface area (Å²) in [5.74, 6) is 2.65. The molecule has 27 heavy (non-hydrogen) atoms. The van der Waals surface area contributed by atoms with Crippen LogP contribution in [-0.4, -0.2) is 39.5 Å².